The lowest BCUT2D eigenvalue weighted by atomic mass is 10.2. The highest BCUT2D eigenvalue weighted by Crippen LogP contribution is 2.29. The van der Waals surface area contributed by atoms with Gasteiger partial charge in [-0.3, -0.25) is 4.79 Å². The third-order valence-electron chi connectivity index (χ3n) is 5.00. The van der Waals surface area contributed by atoms with E-state index >= 15 is 0 Å². The second-order valence-corrected chi connectivity index (χ2v) is 10.4. The number of halogens is 1. The van der Waals surface area contributed by atoms with Crippen LogP contribution in [-0.4, -0.2) is 69.1 Å². The first-order chi connectivity index (χ1) is 14.7. The van der Waals surface area contributed by atoms with E-state index in [1.54, 1.807) is 4.31 Å². The van der Waals surface area contributed by atoms with Crippen molar-refractivity contribution in [3.63, 3.8) is 0 Å². The monoisotopic (exact) mass is 514 g/mol. The molecule has 0 bridgehead atoms. The Morgan fingerprint density at radius 3 is 2.65 bits per heavy atom. The molecule has 1 saturated heterocycles. The van der Waals surface area contributed by atoms with Crippen molar-refractivity contribution in [1.82, 2.24) is 14.6 Å². The van der Waals surface area contributed by atoms with Gasteiger partial charge in [0.05, 0.1) is 11.4 Å². The van der Waals surface area contributed by atoms with Crippen LogP contribution in [0.1, 0.15) is 17.4 Å². The van der Waals surface area contributed by atoms with E-state index in [0.717, 1.165) is 5.69 Å². The Labute approximate surface area is 190 Å². The molecule has 1 aliphatic rings. The molecule has 2 heterocycles. The number of oxazole rings is 1. The summed E-state index contributed by atoms with van der Waals surface area (Å²) in [5.74, 6) is -0.259. The number of carbonyl (C=O) groups is 1. The molecule has 170 valence electrons. The predicted molar refractivity (Wildman–Crippen MR) is 124 cm³/mol. The van der Waals surface area contributed by atoms with Gasteiger partial charge in [-0.2, -0.15) is 9.29 Å². The summed E-state index contributed by atoms with van der Waals surface area (Å²) in [5.41, 5.74) is 6.96. The lowest BCUT2D eigenvalue weighted by Crippen LogP contribution is -2.50. The molecule has 12 heteroatoms. The van der Waals surface area contributed by atoms with Gasteiger partial charge in [0.25, 0.3) is 11.9 Å². The molecule has 1 fully saturated rings. The second kappa shape index (κ2) is 9.98. The highest BCUT2D eigenvalue weighted by atomic mass is 79.9. The maximum atomic E-state index is 12.7. The largest absolute Gasteiger partial charge is 0.431 e. The Kier molecular flexibility index (Phi) is 7.57. The summed E-state index contributed by atoms with van der Waals surface area (Å²) in [5, 5.41) is 5.80. The van der Waals surface area contributed by atoms with Crippen LogP contribution in [-0.2, 0) is 10.0 Å². The van der Waals surface area contributed by atoms with Gasteiger partial charge in [-0.25, -0.2) is 8.42 Å². The highest BCUT2D eigenvalue weighted by molar-refractivity contribution is 9.10. The summed E-state index contributed by atoms with van der Waals surface area (Å²) < 4.78 is 32.5. The summed E-state index contributed by atoms with van der Waals surface area (Å²) in [6, 6.07) is 5.52. The zero-order chi connectivity index (χ0) is 22.6. The third-order valence-corrected chi connectivity index (χ3v) is 7.83. The van der Waals surface area contributed by atoms with Crippen LogP contribution in [0.4, 0.5) is 17.4 Å². The van der Waals surface area contributed by atoms with Crippen molar-refractivity contribution in [3.8, 4) is 0 Å². The average Bonchev–Trinajstić information content (AvgIpc) is 3.16. The topological polar surface area (TPSA) is 134 Å². The van der Waals surface area contributed by atoms with Crippen molar-refractivity contribution in [2.24, 2.45) is 5.92 Å². The number of aromatic nitrogens is 1. The maximum Gasteiger partial charge on any atom is 0.292 e. The molecular weight excluding hydrogens is 488 g/mol. The summed E-state index contributed by atoms with van der Waals surface area (Å²) in [4.78, 5) is 18.3. The number of nitrogens with one attached hydrogen (secondary N) is 2. The summed E-state index contributed by atoms with van der Waals surface area (Å²) >= 11 is 3.44. The van der Waals surface area contributed by atoms with Crippen LogP contribution in [0.5, 0.6) is 0 Å². The van der Waals surface area contributed by atoms with E-state index in [4.69, 9.17) is 10.2 Å². The van der Waals surface area contributed by atoms with Crippen molar-refractivity contribution in [2.45, 2.75) is 6.92 Å². The zero-order valence-electron chi connectivity index (χ0n) is 17.5. The van der Waals surface area contributed by atoms with E-state index < -0.39 is 15.9 Å². The molecule has 1 unspecified atom stereocenters. The first-order valence-electron chi connectivity index (χ1n) is 9.89. The molecule has 31 heavy (non-hydrogen) atoms. The maximum absolute atomic E-state index is 12.7. The molecule has 2 aromatic rings. The number of hydrogen-bond acceptors (Lipinski definition) is 8. The smallest absolute Gasteiger partial charge is 0.292 e. The van der Waals surface area contributed by atoms with Crippen molar-refractivity contribution in [3.05, 3.63) is 34.6 Å². The molecule has 1 aromatic carbocycles. The molecule has 0 radical (unpaired) electrons. The van der Waals surface area contributed by atoms with Crippen LogP contribution >= 0.6 is 15.9 Å². The van der Waals surface area contributed by atoms with Gasteiger partial charge in [0, 0.05) is 36.3 Å². The van der Waals surface area contributed by atoms with Crippen LogP contribution in [0.2, 0.25) is 0 Å². The molecule has 1 atom stereocenters. The minimum atomic E-state index is -3.29. The minimum absolute atomic E-state index is 0.0470. The molecule has 1 aliphatic heterocycles. The number of piperazine rings is 1. The van der Waals surface area contributed by atoms with Crippen molar-refractivity contribution >= 4 is 49.2 Å². The predicted octanol–water partition coefficient (Wildman–Crippen LogP) is 1.58. The molecule has 3 rings (SSSR count). The van der Waals surface area contributed by atoms with Crippen molar-refractivity contribution in [1.29, 1.82) is 0 Å². The van der Waals surface area contributed by atoms with Crippen LogP contribution in [0.25, 0.3) is 0 Å². The number of nitrogen functional groups attached to an aromatic ring is 1. The SMILES string of the molecule is CNCC(C)CS(=O)(=O)N1CCN(c2ccc(Br)c(NC(=O)c3coc(N)n3)c2)CC1. The molecule has 0 saturated carbocycles. The number of nitrogens with two attached hydrogens (primary N) is 1. The Morgan fingerprint density at radius 1 is 1.32 bits per heavy atom. The Balaban J connectivity index is 1.64. The number of nitrogens with zero attached hydrogens (tertiary/aromatic N) is 3. The summed E-state index contributed by atoms with van der Waals surface area (Å²) in [6.07, 6.45) is 1.19. The zero-order valence-corrected chi connectivity index (χ0v) is 19.9. The fourth-order valence-electron chi connectivity index (χ4n) is 3.48. The van der Waals surface area contributed by atoms with Crippen LogP contribution < -0.4 is 21.3 Å². The molecule has 0 spiro atoms. The van der Waals surface area contributed by atoms with E-state index in [1.807, 2.05) is 32.2 Å². The van der Waals surface area contributed by atoms with Gasteiger partial charge in [0.15, 0.2) is 5.69 Å². The van der Waals surface area contributed by atoms with Crippen molar-refractivity contribution < 1.29 is 17.6 Å². The third kappa shape index (κ3) is 5.97. The minimum Gasteiger partial charge on any atom is -0.431 e. The van der Waals surface area contributed by atoms with E-state index in [0.29, 0.717) is 42.9 Å². The highest BCUT2D eigenvalue weighted by Gasteiger charge is 2.28. The Morgan fingerprint density at radius 2 is 2.03 bits per heavy atom. The number of rotatable bonds is 8. The molecule has 1 aromatic heterocycles. The second-order valence-electron chi connectivity index (χ2n) is 7.52. The van der Waals surface area contributed by atoms with Gasteiger partial charge < -0.3 is 25.7 Å². The van der Waals surface area contributed by atoms with Gasteiger partial charge in [-0.15, -0.1) is 0 Å². The lowest BCUT2D eigenvalue weighted by molar-refractivity contribution is 0.102. The fraction of sp³-hybridized carbons (Fsp3) is 0.474. The number of anilines is 3. The van der Waals surface area contributed by atoms with Crippen LogP contribution in [0, 0.1) is 5.92 Å². The quantitative estimate of drug-likeness (QED) is 0.483. The van der Waals surface area contributed by atoms with E-state index in [1.165, 1.54) is 6.26 Å². The van der Waals surface area contributed by atoms with Gasteiger partial charge in [-0.05, 0) is 53.6 Å². The first-order valence-corrected chi connectivity index (χ1v) is 12.3. The normalized spacial score (nSPS) is 16.3. The van der Waals surface area contributed by atoms with Gasteiger partial charge in [0.2, 0.25) is 10.0 Å². The molecule has 0 aliphatic carbocycles. The average molecular weight is 515 g/mol. The number of hydrogen-bond donors (Lipinski definition) is 3. The standard InChI is InChI=1S/C19H27BrN6O4S/c1-13(10-22-2)12-31(28,29)26-7-5-25(6-8-26)14-3-4-15(20)16(9-14)23-18(27)17-11-30-19(21)24-17/h3-4,9,11,13,22H,5-8,10,12H2,1-2H3,(H2,21,24)(H,23,27). The first kappa shape index (κ1) is 23.5. The molecule has 1 amide bonds. The molecular formula is C19H27BrN6O4S. The van der Waals surface area contributed by atoms with Gasteiger partial charge in [-0.1, -0.05) is 6.92 Å². The number of amides is 1. The Hall–Kier alpha value is -2.15. The van der Waals surface area contributed by atoms with E-state index in [-0.39, 0.29) is 23.4 Å². The summed E-state index contributed by atoms with van der Waals surface area (Å²) in [6.45, 7) is 4.56. The van der Waals surface area contributed by atoms with Gasteiger partial charge in [0.1, 0.15) is 6.26 Å². The van der Waals surface area contributed by atoms with Crippen LogP contribution in [0.15, 0.2) is 33.4 Å². The Bertz CT molecular complexity index is 1020. The van der Waals surface area contributed by atoms with Crippen molar-refractivity contribution in [2.75, 3.05) is 61.5 Å². The summed E-state index contributed by atoms with van der Waals surface area (Å²) in [7, 11) is -1.48. The van der Waals surface area contributed by atoms with Crippen LogP contribution in [0.3, 0.4) is 0 Å². The number of carbonyl (C=O) groups excluding carboxylic acids is 1. The van der Waals surface area contributed by atoms with Gasteiger partial charge >= 0.3 is 0 Å². The molecule has 10 nitrogen and oxygen atoms in total. The fourth-order valence-corrected chi connectivity index (χ4v) is 5.59. The van der Waals surface area contributed by atoms with E-state index in [9.17, 15) is 13.2 Å². The van der Waals surface area contributed by atoms with E-state index in [2.05, 4.69) is 36.4 Å². The lowest BCUT2D eigenvalue weighted by Gasteiger charge is -2.36. The molecule has 4 N–H and O–H groups in total. The number of benzene rings is 1. The number of sulfonamides is 1.